The van der Waals surface area contributed by atoms with E-state index in [1.165, 1.54) is 19.2 Å². The highest BCUT2D eigenvalue weighted by atomic mass is 79.9. The molecule has 0 fully saturated rings. The molecule has 2 aromatic heterocycles. The molecule has 4 rings (SSSR count). The number of nitrogens with zero attached hydrogens (tertiary/aromatic N) is 2. The molecule has 0 N–H and O–H groups in total. The van der Waals surface area contributed by atoms with Crippen LogP contribution in [0.3, 0.4) is 0 Å². The molecule has 6 heteroatoms. The van der Waals surface area contributed by atoms with Crippen molar-refractivity contribution in [1.29, 1.82) is 0 Å². The van der Waals surface area contributed by atoms with Crippen LogP contribution in [-0.2, 0) is 11.3 Å². The predicted octanol–water partition coefficient (Wildman–Crippen LogP) is 5.56. The summed E-state index contributed by atoms with van der Waals surface area (Å²) in [5.74, 6) is -0.877. The molecule has 4 aromatic rings. The first-order chi connectivity index (χ1) is 13.0. The molecule has 2 aromatic carbocycles. The van der Waals surface area contributed by atoms with Crippen molar-refractivity contribution in [2.24, 2.45) is 0 Å². The van der Waals surface area contributed by atoms with E-state index in [4.69, 9.17) is 4.74 Å². The van der Waals surface area contributed by atoms with E-state index in [0.717, 1.165) is 27.5 Å². The van der Waals surface area contributed by atoms with Gasteiger partial charge in [-0.05, 0) is 43.3 Å². The van der Waals surface area contributed by atoms with Gasteiger partial charge in [-0.3, -0.25) is 0 Å². The van der Waals surface area contributed by atoms with Gasteiger partial charge in [0.15, 0.2) is 0 Å². The minimum atomic E-state index is -0.476. The third-order valence-corrected chi connectivity index (χ3v) is 5.13. The fourth-order valence-corrected chi connectivity index (χ4v) is 3.71. The van der Waals surface area contributed by atoms with Crippen LogP contribution in [0.1, 0.15) is 17.3 Å². The van der Waals surface area contributed by atoms with Crippen LogP contribution in [0.5, 0.6) is 0 Å². The van der Waals surface area contributed by atoms with Gasteiger partial charge in [-0.25, -0.2) is 14.2 Å². The number of aryl methyl sites for hydroxylation is 1. The molecule has 0 aliphatic heterocycles. The van der Waals surface area contributed by atoms with Gasteiger partial charge in [0.2, 0.25) is 0 Å². The van der Waals surface area contributed by atoms with Crippen molar-refractivity contribution in [2.75, 3.05) is 7.11 Å². The molecule has 0 spiro atoms. The summed E-state index contributed by atoms with van der Waals surface area (Å²) in [5.41, 5.74) is 3.33. The van der Waals surface area contributed by atoms with Gasteiger partial charge in [0, 0.05) is 45.1 Å². The molecule has 0 unspecified atom stereocenters. The quantitative estimate of drug-likeness (QED) is 0.402. The van der Waals surface area contributed by atoms with Crippen LogP contribution in [0.2, 0.25) is 0 Å². The molecule has 2 heterocycles. The number of rotatable bonds is 3. The normalized spacial score (nSPS) is 11.3. The van der Waals surface area contributed by atoms with Crippen LogP contribution in [0, 0.1) is 5.82 Å². The smallest absolute Gasteiger partial charge is 0.338 e. The Morgan fingerprint density at radius 3 is 2.74 bits per heavy atom. The number of benzene rings is 2. The summed E-state index contributed by atoms with van der Waals surface area (Å²) < 4.78 is 21.8. The summed E-state index contributed by atoms with van der Waals surface area (Å²) >= 11 is 3.52. The molecule has 0 bridgehead atoms. The molecule has 0 amide bonds. The zero-order valence-corrected chi connectivity index (χ0v) is 16.4. The molecular formula is C21H16BrFN2O2. The van der Waals surface area contributed by atoms with Gasteiger partial charge in [0.1, 0.15) is 5.82 Å². The second-order valence-electron chi connectivity index (χ2n) is 6.20. The lowest BCUT2D eigenvalue weighted by Crippen LogP contribution is -2.04. The van der Waals surface area contributed by atoms with E-state index in [0.29, 0.717) is 22.2 Å². The van der Waals surface area contributed by atoms with E-state index < -0.39 is 11.8 Å². The molecule has 0 aliphatic carbocycles. The SMILES string of the molecule is CCn1cc(-c2cc(C(=O)OC)c3ccc(F)cc3n2)c2cc(Br)ccc21. The number of carbonyl (C=O) groups is 1. The average molecular weight is 427 g/mol. The second-order valence-corrected chi connectivity index (χ2v) is 7.11. The summed E-state index contributed by atoms with van der Waals surface area (Å²) in [6.07, 6.45) is 2.01. The van der Waals surface area contributed by atoms with Crippen molar-refractivity contribution < 1.29 is 13.9 Å². The Bertz CT molecular complexity index is 1200. The molecule has 27 heavy (non-hydrogen) atoms. The van der Waals surface area contributed by atoms with Gasteiger partial charge >= 0.3 is 5.97 Å². The first kappa shape index (κ1) is 17.7. The molecule has 4 nitrogen and oxygen atoms in total. The van der Waals surface area contributed by atoms with Gasteiger partial charge in [-0.2, -0.15) is 0 Å². The Kier molecular flexibility index (Phi) is 4.44. The van der Waals surface area contributed by atoms with Crippen molar-refractivity contribution >= 4 is 43.7 Å². The number of methoxy groups -OCH3 is 1. The summed E-state index contributed by atoms with van der Waals surface area (Å²) in [5, 5.41) is 1.57. The van der Waals surface area contributed by atoms with E-state index in [1.807, 2.05) is 24.4 Å². The molecule has 0 radical (unpaired) electrons. The van der Waals surface area contributed by atoms with Crippen LogP contribution < -0.4 is 0 Å². The predicted molar refractivity (Wildman–Crippen MR) is 107 cm³/mol. The van der Waals surface area contributed by atoms with Gasteiger partial charge in [0.25, 0.3) is 0 Å². The number of halogens is 2. The highest BCUT2D eigenvalue weighted by Gasteiger charge is 2.18. The number of carbonyl (C=O) groups excluding carboxylic acids is 1. The summed E-state index contributed by atoms with van der Waals surface area (Å²) in [6.45, 7) is 2.86. The maximum atomic E-state index is 13.8. The lowest BCUT2D eigenvalue weighted by atomic mass is 10.0. The summed E-state index contributed by atoms with van der Waals surface area (Å²) in [6, 6.07) is 12.0. The third-order valence-electron chi connectivity index (χ3n) is 4.64. The number of esters is 1. The zero-order chi connectivity index (χ0) is 19.1. The van der Waals surface area contributed by atoms with Gasteiger partial charge in [-0.1, -0.05) is 15.9 Å². The van der Waals surface area contributed by atoms with Crippen molar-refractivity contribution in [3.8, 4) is 11.3 Å². The number of ether oxygens (including phenoxy) is 1. The Morgan fingerprint density at radius 2 is 2.00 bits per heavy atom. The van der Waals surface area contributed by atoms with E-state index in [2.05, 4.69) is 32.4 Å². The highest BCUT2D eigenvalue weighted by molar-refractivity contribution is 9.10. The summed E-state index contributed by atoms with van der Waals surface area (Å²) in [4.78, 5) is 17.0. The molecule has 0 saturated carbocycles. The number of fused-ring (bicyclic) bond motifs is 2. The zero-order valence-electron chi connectivity index (χ0n) is 14.8. The van der Waals surface area contributed by atoms with Crippen LogP contribution in [-0.4, -0.2) is 22.6 Å². The first-order valence-corrected chi connectivity index (χ1v) is 9.28. The van der Waals surface area contributed by atoms with Crippen molar-refractivity contribution in [3.05, 3.63) is 64.5 Å². The van der Waals surface area contributed by atoms with Crippen molar-refractivity contribution in [1.82, 2.24) is 9.55 Å². The van der Waals surface area contributed by atoms with Crippen molar-refractivity contribution in [2.45, 2.75) is 13.5 Å². The fourth-order valence-electron chi connectivity index (χ4n) is 3.35. The largest absolute Gasteiger partial charge is 0.465 e. The molecule has 0 atom stereocenters. The molecular weight excluding hydrogens is 411 g/mol. The Balaban J connectivity index is 2.06. The number of hydrogen-bond acceptors (Lipinski definition) is 3. The maximum Gasteiger partial charge on any atom is 0.338 e. The first-order valence-electron chi connectivity index (χ1n) is 8.49. The average Bonchev–Trinajstić information content (AvgIpc) is 3.03. The van der Waals surface area contributed by atoms with Crippen LogP contribution in [0.25, 0.3) is 33.1 Å². The van der Waals surface area contributed by atoms with E-state index >= 15 is 0 Å². The minimum absolute atomic E-state index is 0.366. The molecule has 0 aliphatic rings. The topological polar surface area (TPSA) is 44.1 Å². The Labute approximate surface area is 163 Å². The Morgan fingerprint density at radius 1 is 1.19 bits per heavy atom. The monoisotopic (exact) mass is 426 g/mol. The maximum absolute atomic E-state index is 13.8. The van der Waals surface area contributed by atoms with E-state index in [1.54, 1.807) is 12.1 Å². The van der Waals surface area contributed by atoms with Crippen LogP contribution in [0.4, 0.5) is 4.39 Å². The Hall–Kier alpha value is -2.73. The number of hydrogen-bond donors (Lipinski definition) is 0. The second kappa shape index (κ2) is 6.78. The van der Waals surface area contributed by atoms with Gasteiger partial charge in [0.05, 0.1) is 23.9 Å². The van der Waals surface area contributed by atoms with E-state index in [9.17, 15) is 9.18 Å². The van der Waals surface area contributed by atoms with Crippen molar-refractivity contribution in [3.63, 3.8) is 0 Å². The van der Waals surface area contributed by atoms with E-state index in [-0.39, 0.29) is 0 Å². The van der Waals surface area contributed by atoms with Crippen LogP contribution >= 0.6 is 15.9 Å². The van der Waals surface area contributed by atoms with Gasteiger partial charge < -0.3 is 9.30 Å². The third kappa shape index (κ3) is 3.00. The number of aromatic nitrogens is 2. The highest BCUT2D eigenvalue weighted by Crippen LogP contribution is 2.34. The molecule has 136 valence electrons. The number of pyridine rings is 1. The minimum Gasteiger partial charge on any atom is -0.465 e. The lowest BCUT2D eigenvalue weighted by Gasteiger charge is -2.08. The summed E-state index contributed by atoms with van der Waals surface area (Å²) in [7, 11) is 1.33. The fraction of sp³-hybridized carbons (Fsp3) is 0.143. The van der Waals surface area contributed by atoms with Gasteiger partial charge in [-0.15, -0.1) is 0 Å². The lowest BCUT2D eigenvalue weighted by molar-refractivity contribution is 0.0603. The molecule has 0 saturated heterocycles. The van der Waals surface area contributed by atoms with Crippen LogP contribution in [0.15, 0.2) is 53.1 Å². The standard InChI is InChI=1S/C21H16BrFN2O2/c1-3-25-11-17(15-8-12(22)4-7-20(15)25)19-10-16(21(26)27-2)14-6-5-13(23)9-18(14)24-19/h4-11H,3H2,1-2H3.